The summed E-state index contributed by atoms with van der Waals surface area (Å²) in [5, 5.41) is 12.8. The molecule has 0 aromatic heterocycles. The first kappa shape index (κ1) is 12.3. The van der Waals surface area contributed by atoms with Crippen molar-refractivity contribution in [3.8, 4) is 0 Å². The number of hydrogen-bond acceptors (Lipinski definition) is 4. The molecule has 2 unspecified atom stereocenters. The molecule has 2 aliphatic heterocycles. The molecule has 2 saturated heterocycles. The number of hydrogen-bond donors (Lipinski definition) is 2. The van der Waals surface area contributed by atoms with Crippen molar-refractivity contribution in [2.75, 3.05) is 24.7 Å². The Morgan fingerprint density at radius 2 is 2.19 bits per heavy atom. The van der Waals surface area contributed by atoms with Crippen molar-refractivity contribution >= 4 is 9.84 Å². The summed E-state index contributed by atoms with van der Waals surface area (Å²) in [7, 11) is -2.82. The van der Waals surface area contributed by atoms with E-state index in [1.54, 1.807) is 0 Å². The number of aliphatic hydroxyl groups excluding tert-OH is 1. The Morgan fingerprint density at radius 3 is 2.75 bits per heavy atom. The Balaban J connectivity index is 1.98. The first-order chi connectivity index (χ1) is 7.55. The Kier molecular flexibility index (Phi) is 3.56. The molecule has 2 N–H and O–H groups in total. The highest BCUT2D eigenvalue weighted by atomic mass is 32.2. The van der Waals surface area contributed by atoms with Gasteiger partial charge in [-0.25, -0.2) is 8.42 Å². The first-order valence-electron chi connectivity index (χ1n) is 6.12. The highest BCUT2D eigenvalue weighted by molar-refractivity contribution is 7.91. The molecule has 0 spiro atoms. The van der Waals surface area contributed by atoms with Crippen LogP contribution in [0.3, 0.4) is 0 Å². The van der Waals surface area contributed by atoms with Crippen molar-refractivity contribution in [3.63, 3.8) is 0 Å². The number of nitrogens with one attached hydrogen (secondary N) is 1. The van der Waals surface area contributed by atoms with Gasteiger partial charge in [-0.2, -0.15) is 0 Å². The van der Waals surface area contributed by atoms with Crippen molar-refractivity contribution in [2.45, 2.75) is 37.6 Å². The zero-order chi connectivity index (χ0) is 11.6. The highest BCUT2D eigenvalue weighted by Crippen LogP contribution is 2.31. The van der Waals surface area contributed by atoms with Gasteiger partial charge in [-0.3, -0.25) is 0 Å². The number of aliphatic hydroxyl groups is 1. The summed E-state index contributed by atoms with van der Waals surface area (Å²) in [6.07, 6.45) is 4.64. The van der Waals surface area contributed by atoms with Crippen LogP contribution in [0.1, 0.15) is 32.1 Å². The van der Waals surface area contributed by atoms with E-state index < -0.39 is 9.84 Å². The lowest BCUT2D eigenvalue weighted by atomic mass is 9.85. The third kappa shape index (κ3) is 2.76. The Hall–Kier alpha value is -0.130. The second-order valence-corrected chi connectivity index (χ2v) is 7.52. The average Bonchev–Trinajstić information content (AvgIpc) is 2.65. The van der Waals surface area contributed by atoms with Crippen LogP contribution < -0.4 is 5.32 Å². The van der Waals surface area contributed by atoms with Crippen molar-refractivity contribution in [3.05, 3.63) is 0 Å². The molecule has 0 saturated carbocycles. The Bertz CT molecular complexity index is 333. The zero-order valence-corrected chi connectivity index (χ0v) is 10.4. The molecule has 5 heteroatoms. The van der Waals surface area contributed by atoms with Gasteiger partial charge in [-0.1, -0.05) is 0 Å². The maximum Gasteiger partial charge on any atom is 0.150 e. The zero-order valence-electron chi connectivity index (χ0n) is 9.61. The standard InChI is InChI=1S/C11H21NO3S/c13-9-11(4-2-5-12-11)7-10-3-1-6-16(14,15)8-10/h10,12-13H,1-9H2. The van der Waals surface area contributed by atoms with E-state index in [1.165, 1.54) is 0 Å². The number of sulfone groups is 1. The molecule has 2 atom stereocenters. The lowest BCUT2D eigenvalue weighted by molar-refractivity contribution is 0.150. The first-order valence-corrected chi connectivity index (χ1v) is 7.94. The van der Waals surface area contributed by atoms with E-state index in [9.17, 15) is 13.5 Å². The van der Waals surface area contributed by atoms with Gasteiger partial charge in [0.1, 0.15) is 0 Å². The molecule has 2 fully saturated rings. The number of rotatable bonds is 3. The van der Waals surface area contributed by atoms with E-state index in [1.807, 2.05) is 0 Å². The van der Waals surface area contributed by atoms with E-state index >= 15 is 0 Å². The molecule has 0 aromatic carbocycles. The smallest absolute Gasteiger partial charge is 0.150 e. The topological polar surface area (TPSA) is 66.4 Å². The SMILES string of the molecule is O=S1(=O)CCCC(CC2(CO)CCCN2)C1. The molecule has 0 aliphatic carbocycles. The van der Waals surface area contributed by atoms with Crippen LogP contribution in [0.15, 0.2) is 0 Å². The van der Waals surface area contributed by atoms with Crippen LogP contribution in [0, 0.1) is 5.92 Å². The van der Waals surface area contributed by atoms with E-state index in [0.29, 0.717) is 11.5 Å². The summed E-state index contributed by atoms with van der Waals surface area (Å²) in [5.74, 6) is 0.899. The quantitative estimate of drug-likeness (QED) is 0.753. The minimum atomic E-state index is -2.82. The fourth-order valence-corrected chi connectivity index (χ4v) is 4.85. The summed E-state index contributed by atoms with van der Waals surface area (Å²) in [5.41, 5.74) is -0.197. The molecule has 0 amide bonds. The Labute approximate surface area is 97.3 Å². The van der Waals surface area contributed by atoms with Gasteiger partial charge in [0.2, 0.25) is 0 Å². The fraction of sp³-hybridized carbons (Fsp3) is 1.00. The van der Waals surface area contributed by atoms with Gasteiger partial charge < -0.3 is 10.4 Å². The van der Waals surface area contributed by atoms with Crippen molar-refractivity contribution in [1.82, 2.24) is 5.32 Å². The highest BCUT2D eigenvalue weighted by Gasteiger charge is 2.37. The van der Waals surface area contributed by atoms with Crippen LogP contribution in [0.25, 0.3) is 0 Å². The maximum atomic E-state index is 11.5. The second kappa shape index (κ2) is 4.63. The van der Waals surface area contributed by atoms with Crippen LogP contribution in [-0.2, 0) is 9.84 Å². The van der Waals surface area contributed by atoms with Gasteiger partial charge in [-0.05, 0) is 44.6 Å². The van der Waals surface area contributed by atoms with Gasteiger partial charge in [0.05, 0.1) is 18.1 Å². The van der Waals surface area contributed by atoms with Gasteiger partial charge >= 0.3 is 0 Å². The van der Waals surface area contributed by atoms with Gasteiger partial charge in [-0.15, -0.1) is 0 Å². The van der Waals surface area contributed by atoms with Gasteiger partial charge in [0, 0.05) is 5.54 Å². The van der Waals surface area contributed by atoms with Crippen LogP contribution in [0.4, 0.5) is 0 Å². The molecule has 2 heterocycles. The van der Waals surface area contributed by atoms with Crippen LogP contribution in [0.5, 0.6) is 0 Å². The average molecular weight is 247 g/mol. The summed E-state index contributed by atoms with van der Waals surface area (Å²) < 4.78 is 23.1. The summed E-state index contributed by atoms with van der Waals surface area (Å²) >= 11 is 0. The molecule has 0 bridgehead atoms. The largest absolute Gasteiger partial charge is 0.394 e. The summed E-state index contributed by atoms with van der Waals surface area (Å²) in [6, 6.07) is 0. The fourth-order valence-electron chi connectivity index (χ4n) is 3.07. The predicted octanol–water partition coefficient (Wildman–Crippen LogP) is 0.316. The third-order valence-electron chi connectivity index (χ3n) is 3.87. The lowest BCUT2D eigenvalue weighted by Crippen LogP contribution is -2.46. The molecule has 16 heavy (non-hydrogen) atoms. The molecule has 2 aliphatic rings. The van der Waals surface area contributed by atoms with Crippen molar-refractivity contribution < 1.29 is 13.5 Å². The molecular weight excluding hydrogens is 226 g/mol. The molecule has 0 radical (unpaired) electrons. The monoisotopic (exact) mass is 247 g/mol. The Morgan fingerprint density at radius 1 is 1.38 bits per heavy atom. The van der Waals surface area contributed by atoms with E-state index in [0.717, 1.165) is 38.6 Å². The minimum Gasteiger partial charge on any atom is -0.394 e. The van der Waals surface area contributed by atoms with Crippen molar-refractivity contribution in [2.24, 2.45) is 5.92 Å². The summed E-state index contributed by atoms with van der Waals surface area (Å²) in [6.45, 7) is 1.07. The van der Waals surface area contributed by atoms with E-state index in [2.05, 4.69) is 5.32 Å². The second-order valence-electron chi connectivity index (χ2n) is 5.30. The molecule has 94 valence electrons. The minimum absolute atomic E-state index is 0.129. The predicted molar refractivity (Wildman–Crippen MR) is 63.0 cm³/mol. The van der Waals surface area contributed by atoms with E-state index in [4.69, 9.17) is 0 Å². The van der Waals surface area contributed by atoms with Crippen LogP contribution >= 0.6 is 0 Å². The molecule has 2 rings (SSSR count). The molecular formula is C11H21NO3S. The van der Waals surface area contributed by atoms with E-state index in [-0.39, 0.29) is 18.1 Å². The van der Waals surface area contributed by atoms with Crippen LogP contribution in [-0.4, -0.2) is 43.7 Å². The maximum absolute atomic E-state index is 11.5. The molecule has 4 nitrogen and oxygen atoms in total. The van der Waals surface area contributed by atoms with Gasteiger partial charge in [0.25, 0.3) is 0 Å². The van der Waals surface area contributed by atoms with Crippen molar-refractivity contribution in [1.29, 1.82) is 0 Å². The lowest BCUT2D eigenvalue weighted by Gasteiger charge is -2.33. The van der Waals surface area contributed by atoms with Gasteiger partial charge in [0.15, 0.2) is 9.84 Å². The van der Waals surface area contributed by atoms with Crippen LogP contribution in [0.2, 0.25) is 0 Å². The summed E-state index contributed by atoms with van der Waals surface area (Å²) in [4.78, 5) is 0. The third-order valence-corrected chi connectivity index (χ3v) is 5.76. The normalized spacial score (nSPS) is 38.7. The molecule has 0 aromatic rings.